The summed E-state index contributed by atoms with van der Waals surface area (Å²) in [6, 6.07) is 15.3. The summed E-state index contributed by atoms with van der Waals surface area (Å²) < 4.78 is 1.63. The first-order valence-corrected chi connectivity index (χ1v) is 10.0. The maximum absolute atomic E-state index is 11.1. The molecule has 0 spiro atoms. The number of nitrogens with zero attached hydrogens (tertiary/aromatic N) is 1. The molecule has 0 amide bonds. The number of aliphatic hydroxyl groups excluding tert-OH is 2. The number of pyridine rings is 1. The van der Waals surface area contributed by atoms with E-state index in [1.165, 1.54) is 0 Å². The minimum atomic E-state index is -0.154. The molecule has 0 saturated carbocycles. The van der Waals surface area contributed by atoms with E-state index in [-0.39, 0.29) is 17.4 Å². The van der Waals surface area contributed by atoms with Gasteiger partial charge in [-0.1, -0.05) is 47.0 Å². The van der Waals surface area contributed by atoms with Gasteiger partial charge in [-0.15, -0.1) is 0 Å². The van der Waals surface area contributed by atoms with Crippen LogP contribution in [0.15, 0.2) is 67.0 Å². The van der Waals surface area contributed by atoms with Gasteiger partial charge in [0.05, 0.1) is 16.7 Å². The Hall–Kier alpha value is -2.15. The van der Waals surface area contributed by atoms with Crippen LogP contribution in [0.2, 0.25) is 15.1 Å². The van der Waals surface area contributed by atoms with Crippen molar-refractivity contribution < 1.29 is 14.8 Å². The van der Waals surface area contributed by atoms with Gasteiger partial charge in [-0.2, -0.15) is 4.57 Å². The summed E-state index contributed by atoms with van der Waals surface area (Å²) in [7, 11) is 0. The molecular formula is C21H16Cl3N2O2S+. The topological polar surface area (TPSA) is 56.4 Å². The maximum atomic E-state index is 11.1. The molecule has 0 bridgehead atoms. The lowest BCUT2D eigenvalue weighted by atomic mass is 10.1. The lowest BCUT2D eigenvalue weighted by Crippen LogP contribution is -2.39. The van der Waals surface area contributed by atoms with Crippen LogP contribution in [0.25, 0.3) is 11.5 Å². The number of hydrogen-bond acceptors (Lipinski definition) is 3. The van der Waals surface area contributed by atoms with Crippen LogP contribution in [-0.4, -0.2) is 15.2 Å². The van der Waals surface area contributed by atoms with Gasteiger partial charge in [0, 0.05) is 27.9 Å². The van der Waals surface area contributed by atoms with Crippen LogP contribution in [0.1, 0.15) is 11.1 Å². The molecule has 1 aromatic heterocycles. The molecule has 0 radical (unpaired) electrons. The molecule has 0 unspecified atom stereocenters. The number of halogens is 3. The minimum Gasteiger partial charge on any atom is -0.502 e. The van der Waals surface area contributed by atoms with Gasteiger partial charge in [-0.25, -0.2) is 0 Å². The van der Waals surface area contributed by atoms with Crippen LogP contribution in [0.3, 0.4) is 0 Å². The number of hydrogen-bond donors (Lipinski definition) is 3. The quantitative estimate of drug-likeness (QED) is 0.194. The molecule has 1 heterocycles. The van der Waals surface area contributed by atoms with Crippen molar-refractivity contribution >= 4 is 69.2 Å². The zero-order valence-corrected chi connectivity index (χ0v) is 18.0. The molecule has 0 atom stereocenters. The predicted octanol–water partition coefficient (Wildman–Crippen LogP) is 5.75. The predicted molar refractivity (Wildman–Crippen MR) is 122 cm³/mol. The summed E-state index contributed by atoms with van der Waals surface area (Å²) in [4.78, 5) is 0.260. The van der Waals surface area contributed by atoms with Crippen LogP contribution >= 0.6 is 47.0 Å². The summed E-state index contributed by atoms with van der Waals surface area (Å²) in [6.07, 6.45) is 3.40. The van der Waals surface area contributed by atoms with Gasteiger partial charge in [-0.3, -0.25) is 0 Å². The number of rotatable bonds is 5. The smallest absolute Gasteiger partial charge is 0.288 e. The first kappa shape index (κ1) is 21.6. The fraction of sp³-hybridized carbons (Fsp3) is 0.0476. The number of aromatic nitrogens is 1. The van der Waals surface area contributed by atoms with Crippen molar-refractivity contribution in [2.45, 2.75) is 6.61 Å². The van der Waals surface area contributed by atoms with Crippen molar-refractivity contribution in [3.05, 3.63) is 93.2 Å². The fourth-order valence-electron chi connectivity index (χ4n) is 2.61. The Morgan fingerprint density at radius 2 is 1.72 bits per heavy atom. The molecule has 0 fully saturated rings. The monoisotopic (exact) mass is 465 g/mol. The molecule has 148 valence electrons. The second-order valence-electron chi connectivity index (χ2n) is 6.06. The highest BCUT2D eigenvalue weighted by Crippen LogP contribution is 2.27. The molecule has 3 N–H and O–H groups in total. The first-order valence-electron chi connectivity index (χ1n) is 8.46. The molecule has 3 aromatic rings. The molecule has 29 heavy (non-hydrogen) atoms. The summed E-state index contributed by atoms with van der Waals surface area (Å²) in [5, 5.41) is 24.9. The second kappa shape index (κ2) is 9.57. The highest BCUT2D eigenvalue weighted by molar-refractivity contribution is 7.81. The van der Waals surface area contributed by atoms with Gasteiger partial charge >= 0.3 is 0 Å². The van der Waals surface area contributed by atoms with Crippen LogP contribution < -0.4 is 9.88 Å². The number of anilines is 1. The van der Waals surface area contributed by atoms with Crippen molar-refractivity contribution in [3.8, 4) is 0 Å². The van der Waals surface area contributed by atoms with Gasteiger partial charge in [-0.05, 0) is 48.5 Å². The lowest BCUT2D eigenvalue weighted by molar-refractivity contribution is -0.576. The molecule has 0 aliphatic heterocycles. The van der Waals surface area contributed by atoms with E-state index in [1.807, 2.05) is 0 Å². The van der Waals surface area contributed by atoms with E-state index in [2.05, 4.69) is 5.32 Å². The lowest BCUT2D eigenvalue weighted by Gasteiger charge is -2.11. The normalized spacial score (nSPS) is 11.7. The van der Waals surface area contributed by atoms with Crippen LogP contribution in [0, 0.1) is 0 Å². The third kappa shape index (κ3) is 5.26. The minimum absolute atomic E-state index is 0.102. The Morgan fingerprint density at radius 3 is 2.38 bits per heavy atom. The summed E-state index contributed by atoms with van der Waals surface area (Å²) in [5.74, 6) is -0.102. The number of aliphatic hydroxyl groups is 2. The van der Waals surface area contributed by atoms with Gasteiger partial charge in [0.1, 0.15) is 0 Å². The highest BCUT2D eigenvalue weighted by atomic mass is 35.5. The fourth-order valence-corrected chi connectivity index (χ4v) is 3.35. The average molecular weight is 467 g/mol. The van der Waals surface area contributed by atoms with E-state index >= 15 is 0 Å². The van der Waals surface area contributed by atoms with E-state index in [9.17, 15) is 10.2 Å². The summed E-state index contributed by atoms with van der Waals surface area (Å²) in [6.45, 7) is -0.154. The molecule has 0 saturated heterocycles. The van der Waals surface area contributed by atoms with E-state index in [1.54, 1.807) is 71.6 Å². The van der Waals surface area contributed by atoms with E-state index in [4.69, 9.17) is 47.0 Å². The van der Waals surface area contributed by atoms with Crippen LogP contribution in [0.5, 0.6) is 0 Å². The number of nitrogens with one attached hydrogen (secondary N) is 1. The van der Waals surface area contributed by atoms with Gasteiger partial charge in [0.25, 0.3) is 5.70 Å². The van der Waals surface area contributed by atoms with Crippen molar-refractivity contribution in [3.63, 3.8) is 0 Å². The van der Waals surface area contributed by atoms with Crippen LogP contribution in [0.4, 0.5) is 5.69 Å². The number of benzene rings is 2. The van der Waals surface area contributed by atoms with Crippen molar-refractivity contribution in [2.75, 3.05) is 5.32 Å². The largest absolute Gasteiger partial charge is 0.502 e. The Bertz CT molecular complexity index is 1090. The van der Waals surface area contributed by atoms with Gasteiger partial charge in [0.2, 0.25) is 0 Å². The van der Waals surface area contributed by atoms with Gasteiger partial charge in [0.15, 0.2) is 23.1 Å². The molecule has 3 rings (SSSR count). The molecule has 0 aliphatic carbocycles. The third-order valence-corrected chi connectivity index (χ3v) is 5.32. The highest BCUT2D eigenvalue weighted by Gasteiger charge is 2.24. The van der Waals surface area contributed by atoms with Gasteiger partial charge < -0.3 is 15.5 Å². The van der Waals surface area contributed by atoms with Crippen molar-refractivity contribution in [1.29, 1.82) is 0 Å². The first-order chi connectivity index (χ1) is 13.9. The van der Waals surface area contributed by atoms with E-state index < -0.39 is 0 Å². The van der Waals surface area contributed by atoms with Crippen molar-refractivity contribution in [1.82, 2.24) is 0 Å². The molecule has 0 aliphatic rings. The maximum Gasteiger partial charge on any atom is 0.288 e. The Balaban J connectivity index is 2.10. The Morgan fingerprint density at radius 1 is 1.00 bits per heavy atom. The average Bonchev–Trinajstić information content (AvgIpc) is 2.72. The number of thiocarbonyl (C=S) groups is 1. The second-order valence-corrected chi connectivity index (χ2v) is 7.72. The Kier molecular flexibility index (Phi) is 7.11. The summed E-state index contributed by atoms with van der Waals surface area (Å²) >= 11 is 23.6. The SMILES string of the molecule is OCc1ccc[n+](/C(C(=S)Nc2ccc(Cl)cc2)=C(/O)c2ccc(Cl)c(Cl)c2)c1. The zero-order chi connectivity index (χ0) is 21.0. The molecular weight excluding hydrogens is 451 g/mol. The zero-order valence-electron chi connectivity index (χ0n) is 14.9. The van der Waals surface area contributed by atoms with Crippen molar-refractivity contribution in [2.24, 2.45) is 0 Å². The van der Waals surface area contributed by atoms with E-state index in [0.717, 1.165) is 0 Å². The third-order valence-electron chi connectivity index (χ3n) is 4.04. The Labute approximate surface area is 188 Å². The standard InChI is InChI=1S/C21H15Cl3N2O2S/c22-15-4-6-16(7-5-15)25-21(29)19(26-9-1-2-13(11-26)12-27)20(28)14-3-8-17(23)18(24)10-14/h1-11,27H,12H2,(H-,25,28,29)/p+1. The summed E-state index contributed by atoms with van der Waals surface area (Å²) in [5.41, 5.74) is 2.11. The van der Waals surface area contributed by atoms with E-state index in [0.29, 0.717) is 37.6 Å². The van der Waals surface area contributed by atoms with Crippen LogP contribution in [-0.2, 0) is 6.61 Å². The molecule has 2 aromatic carbocycles. The molecule has 8 heteroatoms. The molecule has 4 nitrogen and oxygen atoms in total.